The molecule has 1 N–H and O–H groups in total. The molecule has 118 valence electrons. The maximum atomic E-state index is 11.8. The molecule has 0 radical (unpaired) electrons. The van der Waals surface area contributed by atoms with E-state index in [1.165, 1.54) is 6.07 Å². The lowest BCUT2D eigenvalue weighted by Crippen LogP contribution is -2.36. The molecular formula is C14H16N2O6. The van der Waals surface area contributed by atoms with Crippen LogP contribution in [0.15, 0.2) is 18.2 Å². The number of nitro groups is 1. The number of carbonyl (C=O) groups is 2. The number of likely N-dealkylation sites (tertiary alicyclic amines) is 1. The summed E-state index contributed by atoms with van der Waals surface area (Å²) in [6.45, 7) is 1.77. The van der Waals surface area contributed by atoms with Gasteiger partial charge in [0.15, 0.2) is 0 Å². The number of aromatic carboxylic acids is 1. The van der Waals surface area contributed by atoms with E-state index in [9.17, 15) is 19.7 Å². The normalized spacial score (nSPS) is 15.3. The van der Waals surface area contributed by atoms with Gasteiger partial charge in [-0.3, -0.25) is 19.8 Å². The summed E-state index contributed by atoms with van der Waals surface area (Å²) in [5.74, 6) is -1.95. The molecule has 0 aromatic heterocycles. The van der Waals surface area contributed by atoms with Gasteiger partial charge in [-0.2, -0.15) is 0 Å². The van der Waals surface area contributed by atoms with Crippen LogP contribution in [0.1, 0.15) is 29.6 Å². The molecular weight excluding hydrogens is 292 g/mol. The maximum Gasteiger partial charge on any atom is 0.342 e. The fraction of sp³-hybridized carbons (Fsp3) is 0.429. The third-order valence-electron chi connectivity index (χ3n) is 3.43. The first-order chi connectivity index (χ1) is 10.5. The molecule has 1 aromatic carbocycles. The zero-order valence-electron chi connectivity index (χ0n) is 11.9. The van der Waals surface area contributed by atoms with Crippen LogP contribution in [0.5, 0.6) is 5.75 Å². The Hall–Kier alpha value is -2.48. The number of nitrogens with zero attached hydrogens (tertiary/aromatic N) is 2. The van der Waals surface area contributed by atoms with Gasteiger partial charge in [-0.1, -0.05) is 6.42 Å². The van der Waals surface area contributed by atoms with Gasteiger partial charge in [-0.25, -0.2) is 4.79 Å². The zero-order valence-corrected chi connectivity index (χ0v) is 11.9. The zero-order chi connectivity index (χ0) is 16.1. The Morgan fingerprint density at radius 2 is 1.95 bits per heavy atom. The summed E-state index contributed by atoms with van der Waals surface area (Å²) in [7, 11) is 0. The number of esters is 1. The Bertz CT molecular complexity index is 595. The molecule has 2 rings (SSSR count). The van der Waals surface area contributed by atoms with Gasteiger partial charge in [0.1, 0.15) is 11.3 Å². The van der Waals surface area contributed by atoms with Gasteiger partial charge < -0.3 is 9.84 Å². The number of ether oxygens (including phenoxy) is 1. The highest BCUT2D eigenvalue weighted by atomic mass is 16.6. The molecule has 0 atom stereocenters. The number of hydrogen-bond acceptors (Lipinski definition) is 6. The first-order valence-corrected chi connectivity index (χ1v) is 6.92. The number of piperidine rings is 1. The topological polar surface area (TPSA) is 110 Å². The summed E-state index contributed by atoms with van der Waals surface area (Å²) in [6, 6.07) is 3.26. The standard InChI is InChI=1S/C14H16N2O6/c17-13(9-15-6-2-1-3-7-15)22-10-4-5-11(14(18)19)12(8-10)16(20)21/h4-5,8H,1-3,6-7,9H2,(H,18,19). The number of carbonyl (C=O) groups excluding carboxylic acids is 1. The third-order valence-corrected chi connectivity index (χ3v) is 3.43. The van der Waals surface area contributed by atoms with Crippen molar-refractivity contribution < 1.29 is 24.4 Å². The van der Waals surface area contributed by atoms with Crippen molar-refractivity contribution in [2.75, 3.05) is 19.6 Å². The highest BCUT2D eigenvalue weighted by Crippen LogP contribution is 2.25. The van der Waals surface area contributed by atoms with Crippen molar-refractivity contribution in [1.82, 2.24) is 4.90 Å². The molecule has 8 heteroatoms. The number of rotatable bonds is 5. The van der Waals surface area contributed by atoms with Gasteiger partial charge >= 0.3 is 11.9 Å². The van der Waals surface area contributed by atoms with Crippen LogP contribution in [0.4, 0.5) is 5.69 Å². The molecule has 0 amide bonds. The van der Waals surface area contributed by atoms with Crippen LogP contribution in [0.25, 0.3) is 0 Å². The lowest BCUT2D eigenvalue weighted by Gasteiger charge is -2.25. The van der Waals surface area contributed by atoms with Gasteiger partial charge in [-0.05, 0) is 38.1 Å². The van der Waals surface area contributed by atoms with Crippen molar-refractivity contribution in [1.29, 1.82) is 0 Å². The minimum Gasteiger partial charge on any atom is -0.477 e. The largest absolute Gasteiger partial charge is 0.477 e. The summed E-state index contributed by atoms with van der Waals surface area (Å²) in [4.78, 5) is 34.8. The Morgan fingerprint density at radius 1 is 1.27 bits per heavy atom. The molecule has 1 heterocycles. The molecule has 1 saturated heterocycles. The summed E-state index contributed by atoms with van der Waals surface area (Å²) < 4.78 is 5.06. The van der Waals surface area contributed by atoms with Crippen molar-refractivity contribution in [3.05, 3.63) is 33.9 Å². The molecule has 1 aromatic rings. The van der Waals surface area contributed by atoms with E-state index in [1.54, 1.807) is 0 Å². The molecule has 0 aliphatic carbocycles. The van der Waals surface area contributed by atoms with E-state index in [0.717, 1.165) is 44.5 Å². The van der Waals surface area contributed by atoms with E-state index in [1.807, 2.05) is 4.90 Å². The predicted octanol–water partition coefficient (Wildman–Crippen LogP) is 1.68. The predicted molar refractivity (Wildman–Crippen MR) is 76.0 cm³/mol. The van der Waals surface area contributed by atoms with Crippen molar-refractivity contribution in [2.45, 2.75) is 19.3 Å². The number of nitro benzene ring substituents is 1. The van der Waals surface area contributed by atoms with Gasteiger partial charge in [0.2, 0.25) is 0 Å². The Labute approximate surface area is 126 Å². The van der Waals surface area contributed by atoms with Crippen LogP contribution in [0.2, 0.25) is 0 Å². The summed E-state index contributed by atoms with van der Waals surface area (Å²) >= 11 is 0. The van der Waals surface area contributed by atoms with E-state index in [0.29, 0.717) is 0 Å². The van der Waals surface area contributed by atoms with Crippen LogP contribution in [-0.4, -0.2) is 46.5 Å². The first kappa shape index (κ1) is 15.9. The maximum absolute atomic E-state index is 11.8. The van der Waals surface area contributed by atoms with Crippen molar-refractivity contribution in [2.24, 2.45) is 0 Å². The fourth-order valence-electron chi connectivity index (χ4n) is 2.37. The Morgan fingerprint density at radius 3 is 2.55 bits per heavy atom. The minimum atomic E-state index is -1.40. The molecule has 0 spiro atoms. The molecule has 1 fully saturated rings. The van der Waals surface area contributed by atoms with Crippen molar-refractivity contribution in [3.8, 4) is 5.75 Å². The second-order valence-corrected chi connectivity index (χ2v) is 5.05. The highest BCUT2D eigenvalue weighted by molar-refractivity contribution is 5.92. The molecule has 22 heavy (non-hydrogen) atoms. The van der Waals surface area contributed by atoms with Crippen LogP contribution in [0.3, 0.4) is 0 Å². The third kappa shape index (κ3) is 4.01. The Kier molecular flexibility index (Phi) is 5.05. The highest BCUT2D eigenvalue weighted by Gasteiger charge is 2.22. The SMILES string of the molecule is O=C(CN1CCCCC1)Oc1ccc(C(=O)O)c([N+](=O)[O-])c1. The van der Waals surface area contributed by atoms with Gasteiger partial charge in [-0.15, -0.1) is 0 Å². The number of carboxylic acids is 1. The smallest absolute Gasteiger partial charge is 0.342 e. The quantitative estimate of drug-likeness (QED) is 0.381. The average molecular weight is 308 g/mol. The first-order valence-electron chi connectivity index (χ1n) is 6.92. The summed E-state index contributed by atoms with van der Waals surface area (Å²) in [5, 5.41) is 19.8. The second-order valence-electron chi connectivity index (χ2n) is 5.05. The molecule has 0 saturated carbocycles. The molecule has 8 nitrogen and oxygen atoms in total. The van der Waals surface area contributed by atoms with Crippen LogP contribution >= 0.6 is 0 Å². The summed E-state index contributed by atoms with van der Waals surface area (Å²) in [6.07, 6.45) is 3.21. The number of carboxylic acid groups (broad SMARTS) is 1. The van der Waals surface area contributed by atoms with E-state index in [-0.39, 0.29) is 12.3 Å². The number of benzene rings is 1. The molecule has 1 aliphatic heterocycles. The average Bonchev–Trinajstić information content (AvgIpc) is 2.47. The van der Waals surface area contributed by atoms with Crippen LogP contribution in [-0.2, 0) is 4.79 Å². The lowest BCUT2D eigenvalue weighted by atomic mass is 10.1. The van der Waals surface area contributed by atoms with Gasteiger partial charge in [0, 0.05) is 0 Å². The van der Waals surface area contributed by atoms with E-state index in [4.69, 9.17) is 9.84 Å². The van der Waals surface area contributed by atoms with E-state index < -0.39 is 28.1 Å². The molecule has 0 unspecified atom stereocenters. The van der Waals surface area contributed by atoms with Crippen LogP contribution < -0.4 is 4.74 Å². The van der Waals surface area contributed by atoms with Gasteiger partial charge in [0.05, 0.1) is 17.5 Å². The van der Waals surface area contributed by atoms with Crippen LogP contribution in [0, 0.1) is 10.1 Å². The molecule has 0 bridgehead atoms. The molecule has 1 aliphatic rings. The van der Waals surface area contributed by atoms with E-state index >= 15 is 0 Å². The summed E-state index contributed by atoms with van der Waals surface area (Å²) in [5.41, 5.74) is -1.04. The van der Waals surface area contributed by atoms with E-state index in [2.05, 4.69) is 0 Å². The fourth-order valence-corrected chi connectivity index (χ4v) is 2.37. The van der Waals surface area contributed by atoms with Crippen molar-refractivity contribution >= 4 is 17.6 Å². The number of hydrogen-bond donors (Lipinski definition) is 1. The lowest BCUT2D eigenvalue weighted by molar-refractivity contribution is -0.385. The van der Waals surface area contributed by atoms with Crippen molar-refractivity contribution in [3.63, 3.8) is 0 Å². The Balaban J connectivity index is 2.05. The minimum absolute atomic E-state index is 0.0290. The monoisotopic (exact) mass is 308 g/mol. The van der Waals surface area contributed by atoms with Gasteiger partial charge in [0.25, 0.3) is 5.69 Å². The second kappa shape index (κ2) is 6.99.